The monoisotopic (exact) mass is 247 g/mol. The van der Waals surface area contributed by atoms with Crippen LogP contribution in [0.15, 0.2) is 30.3 Å². The van der Waals surface area contributed by atoms with Crippen LogP contribution in [-0.2, 0) is 5.41 Å². The fourth-order valence-electron chi connectivity index (χ4n) is 2.95. The molecule has 1 aromatic carbocycles. The second-order valence-electron chi connectivity index (χ2n) is 6.42. The van der Waals surface area contributed by atoms with Crippen LogP contribution in [0.3, 0.4) is 0 Å². The zero-order valence-corrected chi connectivity index (χ0v) is 11.8. The minimum Gasteiger partial charge on any atom is -0.395 e. The highest BCUT2D eigenvalue weighted by molar-refractivity contribution is 5.25. The van der Waals surface area contributed by atoms with Crippen LogP contribution in [0.1, 0.15) is 39.2 Å². The van der Waals surface area contributed by atoms with Crippen LogP contribution < -0.4 is 0 Å². The molecule has 0 amide bonds. The minimum atomic E-state index is -0.164. The summed E-state index contributed by atoms with van der Waals surface area (Å²) in [5.41, 5.74) is 1.34. The lowest BCUT2D eigenvalue weighted by Gasteiger charge is -2.39. The maximum Gasteiger partial charge on any atom is 0.0537 e. The molecule has 1 heterocycles. The average molecular weight is 247 g/mol. The van der Waals surface area contributed by atoms with E-state index in [-0.39, 0.29) is 17.6 Å². The summed E-state index contributed by atoms with van der Waals surface area (Å²) in [6.07, 6.45) is 2.52. The van der Waals surface area contributed by atoms with Crippen molar-refractivity contribution in [3.63, 3.8) is 0 Å². The number of rotatable bonds is 4. The predicted molar refractivity (Wildman–Crippen MR) is 75.8 cm³/mol. The van der Waals surface area contributed by atoms with Crippen molar-refractivity contribution >= 4 is 0 Å². The standard InChI is InChI=1S/C16H25NO/c1-15(2)10-7-11-17(15)12-16(3,13-18)14-8-5-4-6-9-14/h4-6,8-9,18H,7,10-13H2,1-3H3. The van der Waals surface area contributed by atoms with Gasteiger partial charge in [0.25, 0.3) is 0 Å². The van der Waals surface area contributed by atoms with Crippen molar-refractivity contribution in [1.82, 2.24) is 4.90 Å². The number of nitrogens with zero attached hydrogens (tertiary/aromatic N) is 1. The third-order valence-corrected chi connectivity index (χ3v) is 4.43. The topological polar surface area (TPSA) is 23.5 Å². The summed E-state index contributed by atoms with van der Waals surface area (Å²) in [5.74, 6) is 0. The number of aliphatic hydroxyl groups is 1. The molecule has 1 aromatic rings. The second kappa shape index (κ2) is 5.02. The Labute approximate surface area is 111 Å². The second-order valence-corrected chi connectivity index (χ2v) is 6.42. The normalized spacial score (nSPS) is 22.9. The first kappa shape index (κ1) is 13.6. The minimum absolute atomic E-state index is 0.164. The zero-order valence-electron chi connectivity index (χ0n) is 11.8. The Kier molecular flexibility index (Phi) is 3.79. The molecule has 18 heavy (non-hydrogen) atoms. The van der Waals surface area contributed by atoms with Crippen molar-refractivity contribution in [2.24, 2.45) is 0 Å². The molecular formula is C16H25NO. The Morgan fingerprint density at radius 1 is 1.28 bits per heavy atom. The van der Waals surface area contributed by atoms with E-state index in [2.05, 4.69) is 49.9 Å². The summed E-state index contributed by atoms with van der Waals surface area (Å²) >= 11 is 0. The number of hydrogen-bond acceptors (Lipinski definition) is 2. The molecule has 0 radical (unpaired) electrons. The van der Waals surface area contributed by atoms with Gasteiger partial charge in [0.2, 0.25) is 0 Å². The molecule has 1 N–H and O–H groups in total. The molecule has 1 fully saturated rings. The maximum atomic E-state index is 9.84. The zero-order chi connectivity index (χ0) is 13.2. The molecule has 1 unspecified atom stereocenters. The van der Waals surface area contributed by atoms with Gasteiger partial charge in [-0.1, -0.05) is 37.3 Å². The van der Waals surface area contributed by atoms with Crippen molar-refractivity contribution in [2.45, 2.75) is 44.6 Å². The molecule has 100 valence electrons. The van der Waals surface area contributed by atoms with Crippen molar-refractivity contribution in [1.29, 1.82) is 0 Å². The highest BCUT2D eigenvalue weighted by Gasteiger charge is 2.37. The summed E-state index contributed by atoms with van der Waals surface area (Å²) in [5, 5.41) is 9.84. The molecule has 0 spiro atoms. The van der Waals surface area contributed by atoms with Gasteiger partial charge in [0.05, 0.1) is 6.61 Å². The molecule has 2 heteroatoms. The molecule has 0 aromatic heterocycles. The number of benzene rings is 1. The van der Waals surface area contributed by atoms with E-state index in [0.29, 0.717) is 0 Å². The van der Waals surface area contributed by atoms with Gasteiger partial charge in [-0.2, -0.15) is 0 Å². The van der Waals surface area contributed by atoms with E-state index in [9.17, 15) is 5.11 Å². The van der Waals surface area contributed by atoms with E-state index >= 15 is 0 Å². The first-order chi connectivity index (χ1) is 8.48. The van der Waals surface area contributed by atoms with Gasteiger partial charge in [0.15, 0.2) is 0 Å². The molecule has 1 atom stereocenters. The van der Waals surface area contributed by atoms with Crippen LogP contribution in [-0.4, -0.2) is 35.2 Å². The lowest BCUT2D eigenvalue weighted by atomic mass is 9.82. The molecular weight excluding hydrogens is 222 g/mol. The number of aliphatic hydroxyl groups excluding tert-OH is 1. The molecule has 0 bridgehead atoms. The number of hydrogen-bond donors (Lipinski definition) is 1. The van der Waals surface area contributed by atoms with Gasteiger partial charge in [-0.3, -0.25) is 4.90 Å². The third kappa shape index (κ3) is 2.60. The highest BCUT2D eigenvalue weighted by atomic mass is 16.3. The van der Waals surface area contributed by atoms with Gasteiger partial charge in [0.1, 0.15) is 0 Å². The summed E-state index contributed by atoms with van der Waals surface area (Å²) < 4.78 is 0. The van der Waals surface area contributed by atoms with E-state index in [4.69, 9.17) is 0 Å². The van der Waals surface area contributed by atoms with E-state index in [1.54, 1.807) is 0 Å². The van der Waals surface area contributed by atoms with Gasteiger partial charge in [-0.05, 0) is 38.8 Å². The van der Waals surface area contributed by atoms with Gasteiger partial charge >= 0.3 is 0 Å². The van der Waals surface area contributed by atoms with Crippen LogP contribution in [0.2, 0.25) is 0 Å². The summed E-state index contributed by atoms with van der Waals surface area (Å²) in [7, 11) is 0. The Hall–Kier alpha value is -0.860. The van der Waals surface area contributed by atoms with Crippen molar-refractivity contribution in [3.05, 3.63) is 35.9 Å². The Bertz CT molecular complexity index is 387. The smallest absolute Gasteiger partial charge is 0.0537 e. The maximum absolute atomic E-state index is 9.84. The molecule has 1 saturated heterocycles. The van der Waals surface area contributed by atoms with Crippen LogP contribution in [0.25, 0.3) is 0 Å². The third-order valence-electron chi connectivity index (χ3n) is 4.43. The molecule has 2 rings (SSSR count). The molecule has 0 aliphatic carbocycles. The van der Waals surface area contributed by atoms with E-state index in [1.165, 1.54) is 18.4 Å². The summed E-state index contributed by atoms with van der Waals surface area (Å²) in [6.45, 7) is 9.06. The first-order valence-corrected chi connectivity index (χ1v) is 6.89. The first-order valence-electron chi connectivity index (χ1n) is 6.89. The van der Waals surface area contributed by atoms with Crippen LogP contribution in [0, 0.1) is 0 Å². The van der Waals surface area contributed by atoms with Crippen molar-refractivity contribution < 1.29 is 5.11 Å². The van der Waals surface area contributed by atoms with Crippen molar-refractivity contribution in [2.75, 3.05) is 19.7 Å². The fraction of sp³-hybridized carbons (Fsp3) is 0.625. The van der Waals surface area contributed by atoms with Gasteiger partial charge in [-0.15, -0.1) is 0 Å². The summed E-state index contributed by atoms with van der Waals surface area (Å²) in [4.78, 5) is 2.52. The van der Waals surface area contributed by atoms with Gasteiger partial charge in [0, 0.05) is 17.5 Å². The number of likely N-dealkylation sites (tertiary alicyclic amines) is 1. The van der Waals surface area contributed by atoms with E-state index in [0.717, 1.165) is 13.1 Å². The van der Waals surface area contributed by atoms with Gasteiger partial charge < -0.3 is 5.11 Å². The van der Waals surface area contributed by atoms with Crippen molar-refractivity contribution in [3.8, 4) is 0 Å². The van der Waals surface area contributed by atoms with Gasteiger partial charge in [-0.25, -0.2) is 0 Å². The lowest BCUT2D eigenvalue weighted by Crippen LogP contribution is -2.47. The van der Waals surface area contributed by atoms with Crippen LogP contribution in [0.4, 0.5) is 0 Å². The molecule has 1 aliphatic heterocycles. The molecule has 1 aliphatic rings. The molecule has 0 saturated carbocycles. The molecule has 2 nitrogen and oxygen atoms in total. The van der Waals surface area contributed by atoms with E-state index in [1.807, 2.05) is 6.07 Å². The van der Waals surface area contributed by atoms with E-state index < -0.39 is 0 Å². The summed E-state index contributed by atoms with van der Waals surface area (Å²) in [6, 6.07) is 10.4. The Morgan fingerprint density at radius 3 is 2.44 bits per heavy atom. The fourth-order valence-corrected chi connectivity index (χ4v) is 2.95. The SMILES string of the molecule is CC(CO)(CN1CCCC1(C)C)c1ccccc1. The highest BCUT2D eigenvalue weighted by Crippen LogP contribution is 2.33. The lowest BCUT2D eigenvalue weighted by molar-refractivity contribution is 0.102. The average Bonchev–Trinajstić information content (AvgIpc) is 2.69. The Balaban J connectivity index is 2.19. The Morgan fingerprint density at radius 2 is 1.94 bits per heavy atom. The largest absolute Gasteiger partial charge is 0.395 e. The quantitative estimate of drug-likeness (QED) is 0.884. The van der Waals surface area contributed by atoms with Crippen LogP contribution in [0.5, 0.6) is 0 Å². The van der Waals surface area contributed by atoms with Crippen LogP contribution >= 0.6 is 0 Å². The predicted octanol–water partition coefficient (Wildman–Crippen LogP) is 2.81.